The Morgan fingerprint density at radius 1 is 1.07 bits per heavy atom. The van der Waals surface area contributed by atoms with E-state index >= 15 is 0 Å². The van der Waals surface area contributed by atoms with Gasteiger partial charge in [0.25, 0.3) is 0 Å². The molecular formula is C20H27N3O5S. The van der Waals surface area contributed by atoms with Crippen molar-refractivity contribution in [3.8, 4) is 5.75 Å². The average molecular weight is 422 g/mol. The second kappa shape index (κ2) is 11.4. The number of nitrogens with one attached hydrogen (secondary N) is 2. The number of hydrogen-bond acceptors (Lipinski definition) is 7. The predicted molar refractivity (Wildman–Crippen MR) is 111 cm³/mol. The quantitative estimate of drug-likeness (QED) is 0.371. The van der Waals surface area contributed by atoms with Crippen LogP contribution >= 0.6 is 0 Å². The third-order valence-corrected chi connectivity index (χ3v) is 4.39. The smallest absolute Gasteiger partial charge is 0.407 e. The lowest BCUT2D eigenvalue weighted by Crippen LogP contribution is -2.44. The van der Waals surface area contributed by atoms with Gasteiger partial charge < -0.3 is 25.3 Å². The predicted octanol–water partition coefficient (Wildman–Crippen LogP) is 1.41. The van der Waals surface area contributed by atoms with Crippen molar-refractivity contribution in [3.63, 3.8) is 0 Å². The van der Waals surface area contributed by atoms with Crippen LogP contribution < -0.4 is 20.6 Å². The van der Waals surface area contributed by atoms with E-state index in [9.17, 15) is 13.2 Å². The van der Waals surface area contributed by atoms with Crippen molar-refractivity contribution >= 4 is 16.2 Å². The van der Waals surface area contributed by atoms with E-state index in [2.05, 4.69) is 10.6 Å². The van der Waals surface area contributed by atoms with Crippen LogP contribution in [0, 0.1) is 0 Å². The molecule has 158 valence electrons. The zero-order valence-electron chi connectivity index (χ0n) is 16.3. The molecule has 2 aromatic carbocycles. The molecular weight excluding hydrogens is 394 g/mol. The monoisotopic (exact) mass is 421 g/mol. The fourth-order valence-corrected chi connectivity index (χ4v) is 3.09. The molecule has 0 spiro atoms. The van der Waals surface area contributed by atoms with Crippen molar-refractivity contribution in [2.75, 3.05) is 25.9 Å². The molecule has 2 rings (SSSR count). The zero-order chi connectivity index (χ0) is 21.1. The van der Waals surface area contributed by atoms with Gasteiger partial charge in [0.2, 0.25) is 0 Å². The Balaban J connectivity index is 1.93. The molecule has 1 atom stereocenters. The number of nitrogens with two attached hydrogens (primary N) is 1. The molecule has 0 aromatic heterocycles. The summed E-state index contributed by atoms with van der Waals surface area (Å²) >= 11 is 0. The van der Waals surface area contributed by atoms with E-state index in [0.717, 1.165) is 17.4 Å². The molecule has 0 aliphatic heterocycles. The molecule has 0 radical (unpaired) electrons. The van der Waals surface area contributed by atoms with Crippen molar-refractivity contribution in [3.05, 3.63) is 65.7 Å². The van der Waals surface area contributed by atoms with Crippen LogP contribution in [-0.4, -0.2) is 46.4 Å². The fraction of sp³-hybridized carbons (Fsp3) is 0.350. The van der Waals surface area contributed by atoms with Crippen LogP contribution in [-0.2, 0) is 27.9 Å². The molecule has 0 bridgehead atoms. The Labute approximate surface area is 171 Å². The summed E-state index contributed by atoms with van der Waals surface area (Å²) in [6, 6.07) is 15.9. The lowest BCUT2D eigenvalue weighted by molar-refractivity contribution is 0.135. The molecule has 0 fully saturated rings. The minimum Gasteiger partial charge on any atom is -0.445 e. The van der Waals surface area contributed by atoms with Gasteiger partial charge in [-0.15, -0.1) is 0 Å². The molecule has 9 heteroatoms. The summed E-state index contributed by atoms with van der Waals surface area (Å²) in [5.74, 6) is 0.240. The van der Waals surface area contributed by atoms with E-state index in [-0.39, 0.29) is 18.4 Å². The molecule has 0 unspecified atom stereocenters. The van der Waals surface area contributed by atoms with Crippen LogP contribution in [0.1, 0.15) is 11.1 Å². The van der Waals surface area contributed by atoms with E-state index in [1.54, 1.807) is 24.3 Å². The number of alkyl carbamates (subject to hydrolysis) is 1. The molecule has 4 N–H and O–H groups in total. The highest BCUT2D eigenvalue weighted by Gasteiger charge is 2.14. The first-order valence-corrected chi connectivity index (χ1v) is 11.0. The van der Waals surface area contributed by atoms with Crippen molar-refractivity contribution in [2.24, 2.45) is 5.73 Å². The third kappa shape index (κ3) is 9.42. The average Bonchev–Trinajstić information content (AvgIpc) is 2.68. The maximum absolute atomic E-state index is 12.2. The lowest BCUT2D eigenvalue weighted by Gasteiger charge is -2.19. The highest BCUT2D eigenvalue weighted by Crippen LogP contribution is 2.15. The number of benzene rings is 2. The summed E-state index contributed by atoms with van der Waals surface area (Å²) in [6.07, 6.45) is 1.01. The van der Waals surface area contributed by atoms with Gasteiger partial charge >= 0.3 is 16.2 Å². The second-order valence-corrected chi connectivity index (χ2v) is 8.11. The van der Waals surface area contributed by atoms with Gasteiger partial charge in [-0.3, -0.25) is 0 Å². The summed E-state index contributed by atoms with van der Waals surface area (Å²) in [4.78, 5) is 12.2. The molecule has 0 heterocycles. The van der Waals surface area contributed by atoms with E-state index in [1.807, 2.05) is 30.3 Å². The van der Waals surface area contributed by atoms with Crippen molar-refractivity contribution in [1.29, 1.82) is 0 Å². The van der Waals surface area contributed by atoms with Gasteiger partial charge in [-0.25, -0.2) is 4.79 Å². The van der Waals surface area contributed by atoms with Crippen LogP contribution in [0.4, 0.5) is 4.79 Å². The highest BCUT2D eigenvalue weighted by molar-refractivity contribution is 7.86. The second-order valence-electron chi connectivity index (χ2n) is 6.53. The number of carbonyl (C=O) groups excluding carboxylic acids is 1. The molecule has 0 saturated heterocycles. The SMILES string of the molecule is CS(=O)(=O)Oc1ccc(C[C@@H](CNCCN)NC(=O)OCc2ccccc2)cc1. The summed E-state index contributed by atoms with van der Waals surface area (Å²) < 4.78 is 32.5. The Bertz CT molecular complexity index is 857. The lowest BCUT2D eigenvalue weighted by atomic mass is 10.1. The van der Waals surface area contributed by atoms with Crippen molar-refractivity contribution < 1.29 is 22.1 Å². The topological polar surface area (TPSA) is 120 Å². The first-order chi connectivity index (χ1) is 13.9. The van der Waals surface area contributed by atoms with Gasteiger partial charge in [-0.05, 0) is 29.7 Å². The molecule has 0 saturated carbocycles. The number of carbonyl (C=O) groups is 1. The minimum atomic E-state index is -3.57. The Morgan fingerprint density at radius 3 is 2.38 bits per heavy atom. The molecule has 29 heavy (non-hydrogen) atoms. The maximum Gasteiger partial charge on any atom is 0.407 e. The molecule has 0 aliphatic rings. The third-order valence-electron chi connectivity index (χ3n) is 3.90. The first-order valence-electron chi connectivity index (χ1n) is 9.22. The largest absolute Gasteiger partial charge is 0.445 e. The molecule has 1 amide bonds. The Kier molecular flexibility index (Phi) is 8.91. The summed E-state index contributed by atoms with van der Waals surface area (Å²) in [5.41, 5.74) is 7.33. The molecule has 0 aliphatic carbocycles. The maximum atomic E-state index is 12.2. The van der Waals surface area contributed by atoms with Gasteiger partial charge in [0.05, 0.1) is 6.26 Å². The fourth-order valence-electron chi connectivity index (χ4n) is 2.62. The van der Waals surface area contributed by atoms with Crippen LogP contribution in [0.3, 0.4) is 0 Å². The number of rotatable bonds is 11. The standard InChI is InChI=1S/C20H27N3O5S/c1-29(25,26)28-19-9-7-16(8-10-19)13-18(14-22-12-11-21)23-20(24)27-15-17-5-3-2-4-6-17/h2-10,18,22H,11-15,21H2,1H3,(H,23,24)/t18-/m0/s1. The van der Waals surface area contributed by atoms with Crippen molar-refractivity contribution in [1.82, 2.24) is 10.6 Å². The van der Waals surface area contributed by atoms with Crippen LogP contribution in [0.2, 0.25) is 0 Å². The van der Waals surface area contributed by atoms with Gasteiger partial charge in [0.1, 0.15) is 12.4 Å². The van der Waals surface area contributed by atoms with Gasteiger partial charge in [-0.2, -0.15) is 8.42 Å². The zero-order valence-corrected chi connectivity index (χ0v) is 17.2. The van der Waals surface area contributed by atoms with E-state index in [4.69, 9.17) is 14.7 Å². The Hall–Kier alpha value is -2.62. The number of hydrogen-bond donors (Lipinski definition) is 3. The van der Waals surface area contributed by atoms with Crippen LogP contribution in [0.25, 0.3) is 0 Å². The summed E-state index contributed by atoms with van der Waals surface area (Å²) in [5, 5.41) is 6.03. The van der Waals surface area contributed by atoms with Crippen LogP contribution in [0.15, 0.2) is 54.6 Å². The number of amides is 1. The normalized spacial score (nSPS) is 12.2. The minimum absolute atomic E-state index is 0.188. The van der Waals surface area contributed by atoms with Crippen molar-refractivity contribution in [2.45, 2.75) is 19.1 Å². The van der Waals surface area contributed by atoms with Gasteiger partial charge in [0, 0.05) is 25.7 Å². The van der Waals surface area contributed by atoms with Crippen LogP contribution in [0.5, 0.6) is 5.75 Å². The van der Waals surface area contributed by atoms with Gasteiger partial charge in [0.15, 0.2) is 0 Å². The summed E-state index contributed by atoms with van der Waals surface area (Å²) in [7, 11) is -3.57. The van der Waals surface area contributed by atoms with E-state index < -0.39 is 16.2 Å². The summed E-state index contributed by atoms with van der Waals surface area (Å²) in [6.45, 7) is 1.81. The highest BCUT2D eigenvalue weighted by atomic mass is 32.2. The van der Waals surface area contributed by atoms with Gasteiger partial charge in [-0.1, -0.05) is 42.5 Å². The number of ether oxygens (including phenoxy) is 1. The Morgan fingerprint density at radius 2 is 1.76 bits per heavy atom. The first kappa shape index (κ1) is 22.7. The van der Waals surface area contributed by atoms with E-state index in [0.29, 0.717) is 26.1 Å². The molecule has 8 nitrogen and oxygen atoms in total. The van der Waals surface area contributed by atoms with E-state index in [1.165, 1.54) is 0 Å². The molecule has 2 aromatic rings.